The van der Waals surface area contributed by atoms with Crippen molar-refractivity contribution in [2.75, 3.05) is 20.2 Å². The maximum Gasteiger partial charge on any atom is 0.317 e. The molecule has 162 valence electrons. The molecule has 30 heavy (non-hydrogen) atoms. The van der Waals surface area contributed by atoms with E-state index in [1.165, 1.54) is 22.3 Å². The Morgan fingerprint density at radius 1 is 1.00 bits per heavy atom. The van der Waals surface area contributed by atoms with Crippen molar-refractivity contribution in [3.63, 3.8) is 0 Å². The molecule has 1 aromatic heterocycles. The van der Waals surface area contributed by atoms with Crippen molar-refractivity contribution in [1.82, 2.24) is 8.87 Å². The topological polar surface area (TPSA) is 85.7 Å². The van der Waals surface area contributed by atoms with Crippen molar-refractivity contribution in [2.24, 2.45) is 0 Å². The summed E-state index contributed by atoms with van der Waals surface area (Å²) in [6.45, 7) is 2.10. The first kappa shape index (κ1) is 22.8. The minimum atomic E-state index is -3.79. The van der Waals surface area contributed by atoms with E-state index in [0.717, 1.165) is 35.4 Å². The van der Waals surface area contributed by atoms with Gasteiger partial charge in [0.15, 0.2) is 0 Å². The monoisotopic (exact) mass is 494 g/mol. The molecule has 7 nitrogen and oxygen atoms in total. The molecular weight excluding hydrogens is 478 g/mol. The Hall–Kier alpha value is -1.85. The first-order valence-corrected chi connectivity index (χ1v) is 13.1. The predicted octanol–water partition coefficient (Wildman–Crippen LogP) is 3.55. The summed E-state index contributed by atoms with van der Waals surface area (Å²) >= 11 is 0. The van der Waals surface area contributed by atoms with Gasteiger partial charge in [0, 0.05) is 51.6 Å². The number of ether oxygens (including phenoxy) is 1. The lowest BCUT2D eigenvalue weighted by Crippen LogP contribution is -2.20. The quantitative estimate of drug-likeness (QED) is 0.506. The van der Waals surface area contributed by atoms with Crippen LogP contribution in [0.15, 0.2) is 53.6 Å². The predicted molar refractivity (Wildman–Crippen MR) is 113 cm³/mol. The van der Waals surface area contributed by atoms with E-state index in [1.807, 2.05) is 13.1 Å². The summed E-state index contributed by atoms with van der Waals surface area (Å²) in [7, 11) is 3.02. The van der Waals surface area contributed by atoms with Crippen molar-refractivity contribution in [3.8, 4) is 5.75 Å². The van der Waals surface area contributed by atoms with Gasteiger partial charge in [0.25, 0.3) is 10.0 Å². The summed E-state index contributed by atoms with van der Waals surface area (Å²) < 4.78 is 64.3. The summed E-state index contributed by atoms with van der Waals surface area (Å²) in [5, 5.41) is 0.844. The number of aromatic nitrogens is 1. The molecule has 2 heterocycles. The van der Waals surface area contributed by atoms with E-state index in [4.69, 9.17) is 13.2 Å². The summed E-state index contributed by atoms with van der Waals surface area (Å²) in [6.07, 6.45) is 1.54. The molecule has 0 saturated heterocycles. The van der Waals surface area contributed by atoms with Crippen LogP contribution in [0.5, 0.6) is 5.75 Å². The van der Waals surface area contributed by atoms with Gasteiger partial charge >= 0.3 is 8.26 Å². The summed E-state index contributed by atoms with van der Waals surface area (Å²) in [5.41, 5.74) is 1.56. The van der Waals surface area contributed by atoms with Gasteiger partial charge in [-0.05, 0) is 49.5 Å². The Labute approximate surface area is 182 Å². The molecule has 0 N–H and O–H groups in total. The zero-order chi connectivity index (χ0) is 22.1. The number of halogens is 3. The third-order valence-corrected chi connectivity index (χ3v) is 6.14. The van der Waals surface area contributed by atoms with Crippen LogP contribution in [0.1, 0.15) is 5.56 Å². The average Bonchev–Trinajstić information content (AvgIpc) is 2.98. The van der Waals surface area contributed by atoms with Gasteiger partial charge in [-0.1, -0.05) is 0 Å². The summed E-state index contributed by atoms with van der Waals surface area (Å²) in [6, 6.07) is 10.2. The normalized spacial score (nSPS) is 14.9. The molecule has 2 aromatic carbocycles. The zero-order valence-electron chi connectivity index (χ0n) is 15.6. The Bertz CT molecular complexity index is 1270. The fraction of sp³-hybridized carbons (Fsp3) is 0.222. The number of hydrogen-bond acceptors (Lipinski definition) is 6. The zero-order valence-corrected chi connectivity index (χ0v) is 18.8. The van der Waals surface area contributed by atoms with Gasteiger partial charge in [0.05, 0.1) is 10.4 Å². The van der Waals surface area contributed by atoms with Crippen LogP contribution in [0, 0.1) is 5.82 Å². The van der Waals surface area contributed by atoms with Gasteiger partial charge < -0.3 is 4.74 Å². The molecule has 1 aliphatic rings. The lowest BCUT2D eigenvalue weighted by molar-refractivity contribution is 0.259. The van der Waals surface area contributed by atoms with Gasteiger partial charge in [0.1, 0.15) is 18.2 Å². The molecule has 0 amide bonds. The van der Waals surface area contributed by atoms with E-state index in [9.17, 15) is 12.8 Å². The molecule has 12 heteroatoms. The van der Waals surface area contributed by atoms with Crippen LogP contribution in [0.4, 0.5) is 4.39 Å². The number of rotatable bonds is 2. The second-order valence-corrected chi connectivity index (χ2v) is 12.0. The molecule has 0 radical (unpaired) electrons. The molecule has 0 unspecified atom stereocenters. The molecule has 4 rings (SSSR count). The number of likely N-dealkylation sites (N-methyl/N-ethyl adjacent to an activating group) is 1. The van der Waals surface area contributed by atoms with Crippen LogP contribution in [-0.2, 0) is 24.8 Å². The fourth-order valence-corrected chi connectivity index (χ4v) is 4.47. The van der Waals surface area contributed by atoms with Crippen molar-refractivity contribution in [1.29, 1.82) is 0 Å². The molecule has 3 aromatic rings. The Balaban J connectivity index is 0.000000461. The minimum absolute atomic E-state index is 0.0507. The van der Waals surface area contributed by atoms with Crippen LogP contribution in [0.2, 0.25) is 0 Å². The number of nitrogens with zero attached hydrogens (tertiary/aromatic N) is 2. The molecule has 0 atom stereocenters. The molecule has 0 spiro atoms. The largest absolute Gasteiger partial charge is 0.492 e. The minimum Gasteiger partial charge on any atom is -0.492 e. The maximum atomic E-state index is 13.1. The van der Waals surface area contributed by atoms with E-state index in [-0.39, 0.29) is 4.90 Å². The third-order valence-electron chi connectivity index (χ3n) is 4.43. The van der Waals surface area contributed by atoms with Crippen molar-refractivity contribution < 1.29 is 26.0 Å². The molecule has 0 bridgehead atoms. The Kier molecular flexibility index (Phi) is 6.63. The van der Waals surface area contributed by atoms with E-state index < -0.39 is 24.1 Å². The van der Waals surface area contributed by atoms with Crippen LogP contribution in [0.3, 0.4) is 0 Å². The van der Waals surface area contributed by atoms with Gasteiger partial charge in [-0.25, -0.2) is 16.8 Å². The highest BCUT2D eigenvalue weighted by Crippen LogP contribution is 2.33. The van der Waals surface area contributed by atoms with Crippen LogP contribution in [0.25, 0.3) is 10.9 Å². The van der Waals surface area contributed by atoms with Gasteiger partial charge in [-0.15, -0.1) is 0 Å². The van der Waals surface area contributed by atoms with Crippen molar-refractivity contribution >= 4 is 50.6 Å². The number of fused-ring (bicyclic) bond motifs is 3. The lowest BCUT2D eigenvalue weighted by atomic mass is 10.1. The van der Waals surface area contributed by atoms with Crippen molar-refractivity contribution in [3.05, 3.63) is 60.0 Å². The number of benzene rings is 2. The van der Waals surface area contributed by atoms with Crippen molar-refractivity contribution in [2.45, 2.75) is 11.4 Å². The van der Waals surface area contributed by atoms with Crippen LogP contribution >= 0.6 is 21.4 Å². The molecule has 1 aliphatic heterocycles. The second-order valence-electron chi connectivity index (χ2n) is 6.51. The highest BCUT2D eigenvalue weighted by molar-refractivity contribution is 8.31. The first-order valence-electron chi connectivity index (χ1n) is 8.56. The highest BCUT2D eigenvalue weighted by Gasteiger charge is 2.22. The third kappa shape index (κ3) is 5.25. The highest BCUT2D eigenvalue weighted by atomic mass is 36.0. The van der Waals surface area contributed by atoms with E-state index in [0.29, 0.717) is 18.7 Å². The van der Waals surface area contributed by atoms with Gasteiger partial charge in [-0.3, -0.25) is 4.90 Å². The Morgan fingerprint density at radius 2 is 1.63 bits per heavy atom. The average molecular weight is 495 g/mol. The standard InChI is InChI=1S/C18H17FN2O3S.Cl2O2S/c1-20-10-11-24-18-7-6-17-15(16(18)12-20)8-9-21(17)25(22,23)14-4-2-13(19)3-5-14;1-5(2,3)4/h2-9H,10-12H2,1H3;. The maximum absolute atomic E-state index is 13.1. The smallest absolute Gasteiger partial charge is 0.317 e. The fourth-order valence-electron chi connectivity index (χ4n) is 3.12. The SMILES string of the molecule is CN1CCOc2ccc3c(ccn3S(=O)(=O)c3ccc(F)cc3)c2C1.O=S(=O)(Cl)Cl. The lowest BCUT2D eigenvalue weighted by Gasteiger charge is -2.13. The van der Waals surface area contributed by atoms with E-state index in [1.54, 1.807) is 12.1 Å². The molecular formula is C18H17Cl2FN2O5S2. The molecule has 0 saturated carbocycles. The van der Waals surface area contributed by atoms with E-state index in [2.05, 4.69) is 26.3 Å². The Morgan fingerprint density at radius 3 is 2.27 bits per heavy atom. The molecule has 0 fully saturated rings. The number of hydrogen-bond donors (Lipinski definition) is 0. The van der Waals surface area contributed by atoms with Gasteiger partial charge in [-0.2, -0.15) is 8.42 Å². The molecule has 0 aliphatic carbocycles. The van der Waals surface area contributed by atoms with Crippen LogP contribution < -0.4 is 4.74 Å². The van der Waals surface area contributed by atoms with Gasteiger partial charge in [0.2, 0.25) is 0 Å². The summed E-state index contributed by atoms with van der Waals surface area (Å²) in [4.78, 5) is 2.19. The van der Waals surface area contributed by atoms with Crippen LogP contribution in [-0.4, -0.2) is 45.9 Å². The second kappa shape index (κ2) is 8.72. The summed E-state index contributed by atoms with van der Waals surface area (Å²) in [5.74, 6) is 0.315. The van der Waals surface area contributed by atoms with E-state index >= 15 is 0 Å². The first-order chi connectivity index (χ1) is 14.0.